The molecule has 118 valence electrons. The molecule has 0 spiro atoms. The van der Waals surface area contributed by atoms with Gasteiger partial charge in [-0.25, -0.2) is 12.8 Å². The predicted octanol–water partition coefficient (Wildman–Crippen LogP) is 1.97. The Morgan fingerprint density at radius 2 is 2.10 bits per heavy atom. The fraction of sp³-hybridized carbons (Fsp3) is 0.571. The van der Waals surface area contributed by atoms with Gasteiger partial charge in [0.2, 0.25) is 10.0 Å². The summed E-state index contributed by atoms with van der Waals surface area (Å²) in [4.78, 5) is 0. The van der Waals surface area contributed by atoms with E-state index in [1.54, 1.807) is 0 Å². The molecule has 0 amide bonds. The summed E-state index contributed by atoms with van der Waals surface area (Å²) in [6.45, 7) is 1.90. The number of nitrogens with one attached hydrogen (secondary N) is 2. The SMILES string of the molecule is COc1cc(NS(=O)(=O)CCC2CCNCC2)ccc1F. The van der Waals surface area contributed by atoms with Gasteiger partial charge >= 0.3 is 0 Å². The van der Waals surface area contributed by atoms with E-state index in [1.165, 1.54) is 25.3 Å². The first-order valence-electron chi connectivity index (χ1n) is 7.05. The van der Waals surface area contributed by atoms with E-state index >= 15 is 0 Å². The minimum Gasteiger partial charge on any atom is -0.494 e. The number of methoxy groups -OCH3 is 1. The second-order valence-corrected chi connectivity index (χ2v) is 7.09. The van der Waals surface area contributed by atoms with Crippen molar-refractivity contribution < 1.29 is 17.5 Å². The topological polar surface area (TPSA) is 67.4 Å². The lowest BCUT2D eigenvalue weighted by atomic mass is 9.96. The van der Waals surface area contributed by atoms with Gasteiger partial charge in [-0.2, -0.15) is 0 Å². The van der Waals surface area contributed by atoms with Crippen molar-refractivity contribution in [2.75, 3.05) is 30.7 Å². The Balaban J connectivity index is 1.93. The van der Waals surface area contributed by atoms with Gasteiger partial charge in [-0.15, -0.1) is 0 Å². The minimum absolute atomic E-state index is 0.0218. The van der Waals surface area contributed by atoms with Gasteiger partial charge in [-0.05, 0) is 50.4 Å². The lowest BCUT2D eigenvalue weighted by Gasteiger charge is -2.22. The zero-order valence-electron chi connectivity index (χ0n) is 12.1. The summed E-state index contributed by atoms with van der Waals surface area (Å²) in [5.41, 5.74) is 0.318. The van der Waals surface area contributed by atoms with E-state index < -0.39 is 15.8 Å². The normalized spacial score (nSPS) is 16.7. The van der Waals surface area contributed by atoms with Crippen LogP contribution in [0.1, 0.15) is 19.3 Å². The quantitative estimate of drug-likeness (QED) is 0.842. The van der Waals surface area contributed by atoms with Crippen molar-refractivity contribution in [1.29, 1.82) is 0 Å². The highest BCUT2D eigenvalue weighted by molar-refractivity contribution is 7.92. The number of anilines is 1. The average Bonchev–Trinajstić information content (AvgIpc) is 2.48. The highest BCUT2D eigenvalue weighted by Gasteiger charge is 2.18. The maximum atomic E-state index is 13.3. The molecule has 0 unspecified atom stereocenters. The number of benzene rings is 1. The Bertz CT molecular complexity index is 572. The monoisotopic (exact) mass is 316 g/mol. The molecule has 1 heterocycles. The number of ether oxygens (including phenoxy) is 1. The molecular formula is C14H21FN2O3S. The molecule has 5 nitrogen and oxygen atoms in total. The van der Waals surface area contributed by atoms with Crippen LogP contribution in [-0.2, 0) is 10.0 Å². The third-order valence-electron chi connectivity index (χ3n) is 3.68. The maximum absolute atomic E-state index is 13.3. The van der Waals surface area contributed by atoms with Crippen molar-refractivity contribution in [2.45, 2.75) is 19.3 Å². The molecule has 0 atom stereocenters. The average molecular weight is 316 g/mol. The molecule has 1 aromatic carbocycles. The molecule has 1 aliphatic heterocycles. The second-order valence-electron chi connectivity index (χ2n) is 5.25. The van der Waals surface area contributed by atoms with Crippen LogP contribution >= 0.6 is 0 Å². The Labute approximate surface area is 124 Å². The smallest absolute Gasteiger partial charge is 0.232 e. The molecule has 2 N–H and O–H groups in total. The molecule has 0 aliphatic carbocycles. The van der Waals surface area contributed by atoms with E-state index in [0.717, 1.165) is 25.9 Å². The summed E-state index contributed by atoms with van der Waals surface area (Å²) in [5, 5.41) is 3.26. The van der Waals surface area contributed by atoms with Crippen LogP contribution in [0, 0.1) is 11.7 Å². The number of hydrogen-bond donors (Lipinski definition) is 2. The summed E-state index contributed by atoms with van der Waals surface area (Å²) < 4.78 is 44.7. The van der Waals surface area contributed by atoms with E-state index in [0.29, 0.717) is 18.0 Å². The lowest BCUT2D eigenvalue weighted by Crippen LogP contribution is -2.29. The van der Waals surface area contributed by atoms with Gasteiger partial charge in [0.05, 0.1) is 18.6 Å². The first-order valence-corrected chi connectivity index (χ1v) is 8.70. The van der Waals surface area contributed by atoms with E-state index in [1.807, 2.05) is 0 Å². The van der Waals surface area contributed by atoms with Gasteiger partial charge in [0.15, 0.2) is 11.6 Å². The fourth-order valence-corrected chi connectivity index (χ4v) is 3.68. The molecule has 0 radical (unpaired) electrons. The molecule has 1 fully saturated rings. The van der Waals surface area contributed by atoms with Crippen LogP contribution in [-0.4, -0.2) is 34.4 Å². The number of sulfonamides is 1. The van der Waals surface area contributed by atoms with E-state index in [2.05, 4.69) is 10.0 Å². The molecule has 1 aliphatic rings. The van der Waals surface area contributed by atoms with Crippen LogP contribution < -0.4 is 14.8 Å². The summed E-state index contributed by atoms with van der Waals surface area (Å²) in [6, 6.07) is 3.92. The van der Waals surface area contributed by atoms with Crippen molar-refractivity contribution in [1.82, 2.24) is 5.32 Å². The zero-order chi connectivity index (χ0) is 15.3. The number of halogens is 1. The van der Waals surface area contributed by atoms with Crippen molar-refractivity contribution in [2.24, 2.45) is 5.92 Å². The molecule has 0 bridgehead atoms. The molecule has 1 saturated heterocycles. The Morgan fingerprint density at radius 1 is 1.38 bits per heavy atom. The number of piperidine rings is 1. The zero-order valence-corrected chi connectivity index (χ0v) is 12.9. The molecule has 2 rings (SSSR count). The van der Waals surface area contributed by atoms with Crippen molar-refractivity contribution in [3.05, 3.63) is 24.0 Å². The third-order valence-corrected chi connectivity index (χ3v) is 5.00. The van der Waals surface area contributed by atoms with Crippen LogP contribution in [0.2, 0.25) is 0 Å². The predicted molar refractivity (Wildman–Crippen MR) is 80.6 cm³/mol. The van der Waals surface area contributed by atoms with Gasteiger partial charge in [-0.1, -0.05) is 0 Å². The second kappa shape index (κ2) is 7.09. The highest BCUT2D eigenvalue weighted by atomic mass is 32.2. The summed E-state index contributed by atoms with van der Waals surface area (Å²) in [6.07, 6.45) is 2.68. The number of rotatable bonds is 6. The molecule has 0 aromatic heterocycles. The van der Waals surface area contributed by atoms with Crippen molar-refractivity contribution in [3.8, 4) is 5.75 Å². The van der Waals surface area contributed by atoms with Crippen LogP contribution in [0.25, 0.3) is 0 Å². The van der Waals surface area contributed by atoms with Gasteiger partial charge in [0.25, 0.3) is 0 Å². The van der Waals surface area contributed by atoms with Crippen molar-refractivity contribution in [3.63, 3.8) is 0 Å². The standard InChI is InChI=1S/C14H21FN2O3S/c1-20-14-10-12(2-3-13(14)15)17-21(18,19)9-6-11-4-7-16-8-5-11/h2-3,10-11,16-17H,4-9H2,1H3. The van der Waals surface area contributed by atoms with Crippen LogP contribution in [0.3, 0.4) is 0 Å². The van der Waals surface area contributed by atoms with Crippen molar-refractivity contribution >= 4 is 15.7 Å². The Kier molecular flexibility index (Phi) is 5.41. The van der Waals surface area contributed by atoms with Crippen LogP contribution in [0.4, 0.5) is 10.1 Å². The van der Waals surface area contributed by atoms with Crippen LogP contribution in [0.15, 0.2) is 18.2 Å². The van der Waals surface area contributed by atoms with Gasteiger partial charge in [0.1, 0.15) is 0 Å². The minimum atomic E-state index is -3.42. The summed E-state index contributed by atoms with van der Waals surface area (Å²) >= 11 is 0. The van der Waals surface area contributed by atoms with Gasteiger partial charge < -0.3 is 10.1 Å². The van der Waals surface area contributed by atoms with E-state index in [4.69, 9.17) is 4.74 Å². The molecular weight excluding hydrogens is 295 g/mol. The Morgan fingerprint density at radius 3 is 2.76 bits per heavy atom. The molecule has 7 heteroatoms. The highest BCUT2D eigenvalue weighted by Crippen LogP contribution is 2.23. The largest absolute Gasteiger partial charge is 0.494 e. The third kappa shape index (κ3) is 4.86. The molecule has 0 saturated carbocycles. The number of hydrogen-bond acceptors (Lipinski definition) is 4. The first kappa shape index (κ1) is 16.0. The van der Waals surface area contributed by atoms with E-state index in [9.17, 15) is 12.8 Å². The first-order chi connectivity index (χ1) is 10.00. The maximum Gasteiger partial charge on any atom is 0.232 e. The fourth-order valence-electron chi connectivity index (χ4n) is 2.45. The molecule has 21 heavy (non-hydrogen) atoms. The van der Waals surface area contributed by atoms with Gasteiger partial charge in [-0.3, -0.25) is 4.72 Å². The Hall–Kier alpha value is -1.34. The molecule has 1 aromatic rings. The summed E-state index contributed by atoms with van der Waals surface area (Å²) in [7, 11) is -2.08. The lowest BCUT2D eigenvalue weighted by molar-refractivity contribution is 0.365. The van der Waals surface area contributed by atoms with E-state index in [-0.39, 0.29) is 11.5 Å². The summed E-state index contributed by atoms with van der Waals surface area (Å²) in [5.74, 6) is 0.0338. The van der Waals surface area contributed by atoms with Crippen LogP contribution in [0.5, 0.6) is 5.75 Å². The van der Waals surface area contributed by atoms with Gasteiger partial charge in [0, 0.05) is 6.07 Å².